The zero-order valence-electron chi connectivity index (χ0n) is 14.2. The van der Waals surface area contributed by atoms with Crippen molar-refractivity contribution in [1.82, 2.24) is 4.92 Å². The number of ketones is 1. The summed E-state index contributed by atoms with van der Waals surface area (Å²) in [7, 11) is -0.261. The Bertz CT molecular complexity index is 939. The van der Waals surface area contributed by atoms with E-state index < -0.39 is 0 Å². The maximum atomic E-state index is 11.9. The number of hydrazone groups is 1. The minimum atomic E-state index is -0.261. The van der Waals surface area contributed by atoms with Crippen LogP contribution < -0.4 is 10.2 Å². The van der Waals surface area contributed by atoms with Crippen LogP contribution in [0.1, 0.15) is 24.0 Å². The number of nitrogens with zero attached hydrogens (tertiary/aromatic N) is 2. The lowest BCUT2D eigenvalue weighted by atomic mass is 9.67. The Kier molecular flexibility index (Phi) is 3.64. The van der Waals surface area contributed by atoms with E-state index in [2.05, 4.69) is 5.10 Å². The maximum Gasteiger partial charge on any atom is 0.474 e. The van der Waals surface area contributed by atoms with Gasteiger partial charge in [-0.1, -0.05) is 36.4 Å². The quantitative estimate of drug-likeness (QED) is 0.802. The number of benzene rings is 2. The normalized spacial score (nSPS) is 17.9. The van der Waals surface area contributed by atoms with E-state index in [1.54, 1.807) is 0 Å². The van der Waals surface area contributed by atoms with Crippen LogP contribution in [0.5, 0.6) is 5.75 Å². The summed E-state index contributed by atoms with van der Waals surface area (Å²) < 4.78 is 11.9. The van der Waals surface area contributed by atoms with E-state index >= 15 is 0 Å². The zero-order valence-corrected chi connectivity index (χ0v) is 14.2. The van der Waals surface area contributed by atoms with E-state index in [9.17, 15) is 4.79 Å². The van der Waals surface area contributed by atoms with Gasteiger partial charge in [0.25, 0.3) is 0 Å². The first kappa shape index (κ1) is 15.4. The number of ether oxygens (including phenoxy) is 1. The summed E-state index contributed by atoms with van der Waals surface area (Å²) in [5.41, 5.74) is 4.97. The van der Waals surface area contributed by atoms with Gasteiger partial charge in [-0.05, 0) is 35.1 Å². The first-order valence-corrected chi connectivity index (χ1v) is 8.80. The largest absolute Gasteiger partial charge is 0.489 e. The molecule has 0 bridgehead atoms. The van der Waals surface area contributed by atoms with Gasteiger partial charge in [0, 0.05) is 17.7 Å². The summed E-state index contributed by atoms with van der Waals surface area (Å²) in [4.78, 5) is 13.8. The van der Waals surface area contributed by atoms with Crippen LogP contribution in [-0.2, 0) is 16.1 Å². The first-order chi connectivity index (χ1) is 12.8. The molecule has 3 aliphatic rings. The van der Waals surface area contributed by atoms with Gasteiger partial charge in [-0.25, -0.2) is 0 Å². The van der Waals surface area contributed by atoms with Crippen molar-refractivity contribution < 1.29 is 14.2 Å². The van der Waals surface area contributed by atoms with E-state index in [4.69, 9.17) is 9.39 Å². The van der Waals surface area contributed by atoms with Gasteiger partial charge in [-0.15, -0.1) is 0 Å². The summed E-state index contributed by atoms with van der Waals surface area (Å²) in [6.07, 6.45) is 3.13. The third kappa shape index (κ3) is 2.54. The van der Waals surface area contributed by atoms with Gasteiger partial charge in [-0.3, -0.25) is 9.71 Å². The van der Waals surface area contributed by atoms with Gasteiger partial charge in [0.05, 0.1) is 12.8 Å². The zero-order chi connectivity index (χ0) is 17.5. The van der Waals surface area contributed by atoms with E-state index in [1.165, 1.54) is 0 Å². The Balaban J connectivity index is 1.39. The Hall–Kier alpha value is -2.86. The highest BCUT2D eigenvalue weighted by Gasteiger charge is 2.42. The maximum absolute atomic E-state index is 11.9. The van der Waals surface area contributed by atoms with Gasteiger partial charge in [0.2, 0.25) is 0 Å². The summed E-state index contributed by atoms with van der Waals surface area (Å²) >= 11 is 0. The number of allylic oxidation sites excluding steroid dienone is 1. The molecule has 2 heterocycles. The van der Waals surface area contributed by atoms with Gasteiger partial charge in [0.15, 0.2) is 5.78 Å². The van der Waals surface area contributed by atoms with Crippen molar-refractivity contribution in [2.24, 2.45) is 5.10 Å². The van der Waals surface area contributed by atoms with Gasteiger partial charge < -0.3 is 9.39 Å². The number of carbonyl (C=O) groups is 1. The predicted octanol–water partition coefficient (Wildman–Crippen LogP) is 2.26. The van der Waals surface area contributed by atoms with Gasteiger partial charge in [-0.2, -0.15) is 5.10 Å². The molecule has 2 aromatic carbocycles. The molecule has 1 aliphatic carbocycles. The topological polar surface area (TPSA) is 51.1 Å². The van der Waals surface area contributed by atoms with Crippen molar-refractivity contribution >= 4 is 24.5 Å². The highest BCUT2D eigenvalue weighted by molar-refractivity contribution is 6.67. The molecule has 0 unspecified atom stereocenters. The second-order valence-electron chi connectivity index (χ2n) is 6.67. The molecule has 0 N–H and O–H groups in total. The second kappa shape index (κ2) is 6.14. The second-order valence-corrected chi connectivity index (χ2v) is 6.67. The first-order valence-electron chi connectivity index (χ1n) is 8.80. The monoisotopic (exact) mass is 344 g/mol. The highest BCUT2D eigenvalue weighted by atomic mass is 16.5. The fourth-order valence-corrected chi connectivity index (χ4v) is 3.68. The fraction of sp³-hybridized carbons (Fsp3) is 0.200. The Morgan fingerprint density at radius 1 is 1.15 bits per heavy atom. The molecule has 2 aliphatic heterocycles. The number of hydrogen-bond donors (Lipinski definition) is 0. The van der Waals surface area contributed by atoms with Crippen molar-refractivity contribution in [3.05, 3.63) is 70.9 Å². The van der Waals surface area contributed by atoms with Crippen molar-refractivity contribution in [3.63, 3.8) is 0 Å². The molecule has 5 rings (SSSR count). The number of carbonyl (C=O) groups excluding carboxylic acids is 1. The average molecular weight is 344 g/mol. The fourth-order valence-electron chi connectivity index (χ4n) is 3.68. The van der Waals surface area contributed by atoms with Gasteiger partial charge in [0.1, 0.15) is 12.4 Å². The van der Waals surface area contributed by atoms with Crippen molar-refractivity contribution in [3.8, 4) is 5.75 Å². The van der Waals surface area contributed by atoms with E-state index in [0.29, 0.717) is 19.6 Å². The van der Waals surface area contributed by atoms with Crippen LogP contribution in [0.4, 0.5) is 0 Å². The third-order valence-corrected chi connectivity index (χ3v) is 5.05. The predicted molar refractivity (Wildman–Crippen MR) is 99.3 cm³/mol. The van der Waals surface area contributed by atoms with Crippen LogP contribution in [0.3, 0.4) is 0 Å². The van der Waals surface area contributed by atoms with Crippen LogP contribution in [0.2, 0.25) is 0 Å². The number of hydrogen-bond acceptors (Lipinski definition) is 5. The lowest BCUT2D eigenvalue weighted by molar-refractivity contribution is -0.115. The molecule has 6 heteroatoms. The molecule has 0 saturated carbocycles. The summed E-state index contributed by atoms with van der Waals surface area (Å²) in [6.45, 7) is 0.901. The van der Waals surface area contributed by atoms with Crippen LogP contribution >= 0.6 is 0 Å². The van der Waals surface area contributed by atoms with Crippen molar-refractivity contribution in [2.75, 3.05) is 6.61 Å². The molecular formula is C20H17BN2O3. The van der Waals surface area contributed by atoms with Crippen LogP contribution in [0.25, 0.3) is 0 Å². The lowest BCUT2D eigenvalue weighted by Crippen LogP contribution is -2.53. The summed E-state index contributed by atoms with van der Waals surface area (Å²) in [5.74, 6) is 0.989. The molecule has 0 saturated heterocycles. The standard InChI is InChI=1S/C20H17BN2O3/c24-20-9-8-19-17(20)13-26-21-18-7-6-16(10-15(18)11-22-23(19)21)25-12-14-4-2-1-3-5-14/h1-7,10-11H,8-9,12-13H2. The molecule has 0 fully saturated rings. The Labute approximate surface area is 152 Å². The van der Waals surface area contributed by atoms with E-state index in [0.717, 1.165) is 40.0 Å². The SMILES string of the molecule is O=C1CCC2=C1COB1c3ccc(OCc4ccccc4)cc3C=NN12. The molecule has 128 valence electrons. The minimum absolute atomic E-state index is 0.184. The smallest absolute Gasteiger partial charge is 0.474 e. The molecule has 0 spiro atoms. The molecule has 26 heavy (non-hydrogen) atoms. The van der Waals surface area contributed by atoms with Gasteiger partial charge >= 0.3 is 7.05 Å². The third-order valence-electron chi connectivity index (χ3n) is 5.05. The molecule has 0 aromatic heterocycles. The van der Waals surface area contributed by atoms with E-state index in [1.807, 2.05) is 59.7 Å². The summed E-state index contributed by atoms with van der Waals surface area (Å²) in [6, 6.07) is 16.1. The molecule has 0 amide bonds. The summed E-state index contributed by atoms with van der Waals surface area (Å²) in [5, 5.41) is 4.55. The van der Waals surface area contributed by atoms with Crippen LogP contribution in [-0.4, -0.2) is 30.6 Å². The molecule has 0 atom stereocenters. The number of rotatable bonds is 3. The Morgan fingerprint density at radius 2 is 2.04 bits per heavy atom. The Morgan fingerprint density at radius 3 is 2.92 bits per heavy atom. The van der Waals surface area contributed by atoms with Crippen LogP contribution in [0.15, 0.2) is 64.9 Å². The van der Waals surface area contributed by atoms with E-state index in [-0.39, 0.29) is 12.8 Å². The minimum Gasteiger partial charge on any atom is -0.489 e. The molecule has 0 radical (unpaired) electrons. The van der Waals surface area contributed by atoms with Crippen molar-refractivity contribution in [1.29, 1.82) is 0 Å². The van der Waals surface area contributed by atoms with Crippen molar-refractivity contribution in [2.45, 2.75) is 19.4 Å². The lowest BCUT2D eigenvalue weighted by Gasteiger charge is -2.34. The highest BCUT2D eigenvalue weighted by Crippen LogP contribution is 2.32. The number of Topliss-reactive ketones (excluding diaryl/α,β-unsaturated/α-hetero) is 1. The molecular weight excluding hydrogens is 327 g/mol. The molecule has 2 aromatic rings. The average Bonchev–Trinajstić information content (AvgIpc) is 3.08. The van der Waals surface area contributed by atoms with Crippen LogP contribution in [0, 0.1) is 0 Å². The molecule has 5 nitrogen and oxygen atoms in total. The number of fused-ring (bicyclic) bond motifs is 4.